The third-order valence-corrected chi connectivity index (χ3v) is 3.44. The van der Waals surface area contributed by atoms with Crippen molar-refractivity contribution in [3.8, 4) is 5.88 Å². The SMILES string of the molecule is CC(C)c1cccc(OCCN2CCCCC2)n1. The Labute approximate surface area is 110 Å². The molecular weight excluding hydrogens is 224 g/mol. The van der Waals surface area contributed by atoms with Gasteiger partial charge in [-0.05, 0) is 37.9 Å². The van der Waals surface area contributed by atoms with E-state index in [9.17, 15) is 0 Å². The molecule has 0 spiro atoms. The van der Waals surface area contributed by atoms with Crippen LogP contribution in [0.3, 0.4) is 0 Å². The standard InChI is InChI=1S/C15H24N2O/c1-13(2)14-7-6-8-15(16-14)18-12-11-17-9-4-3-5-10-17/h6-8,13H,3-5,9-12H2,1-2H3. The molecule has 1 aromatic heterocycles. The lowest BCUT2D eigenvalue weighted by Gasteiger charge is -2.26. The van der Waals surface area contributed by atoms with Gasteiger partial charge >= 0.3 is 0 Å². The molecule has 100 valence electrons. The second-order valence-electron chi connectivity index (χ2n) is 5.31. The molecule has 18 heavy (non-hydrogen) atoms. The maximum atomic E-state index is 5.75. The minimum atomic E-state index is 0.454. The molecule has 3 heteroatoms. The molecule has 1 aromatic rings. The van der Waals surface area contributed by atoms with Gasteiger partial charge in [0.2, 0.25) is 5.88 Å². The monoisotopic (exact) mass is 248 g/mol. The van der Waals surface area contributed by atoms with Crippen molar-refractivity contribution < 1.29 is 4.74 Å². The van der Waals surface area contributed by atoms with E-state index in [1.54, 1.807) is 0 Å². The first kappa shape index (κ1) is 13.3. The van der Waals surface area contributed by atoms with E-state index in [4.69, 9.17) is 4.74 Å². The van der Waals surface area contributed by atoms with Gasteiger partial charge in [-0.15, -0.1) is 0 Å². The molecule has 1 aliphatic rings. The van der Waals surface area contributed by atoms with Crippen LogP contribution in [0.2, 0.25) is 0 Å². The van der Waals surface area contributed by atoms with E-state index in [2.05, 4.69) is 29.8 Å². The maximum absolute atomic E-state index is 5.75. The van der Waals surface area contributed by atoms with Crippen LogP contribution in [-0.4, -0.2) is 36.1 Å². The number of piperidine rings is 1. The smallest absolute Gasteiger partial charge is 0.213 e. The normalized spacial score (nSPS) is 17.1. The van der Waals surface area contributed by atoms with Crippen molar-refractivity contribution in [3.63, 3.8) is 0 Å². The molecule has 0 unspecified atom stereocenters. The Kier molecular flexibility index (Phi) is 5.00. The summed E-state index contributed by atoms with van der Waals surface area (Å²) in [4.78, 5) is 7.00. The summed E-state index contributed by atoms with van der Waals surface area (Å²) in [7, 11) is 0. The fraction of sp³-hybridized carbons (Fsp3) is 0.667. The van der Waals surface area contributed by atoms with Crippen LogP contribution in [0.4, 0.5) is 0 Å². The zero-order valence-electron chi connectivity index (χ0n) is 11.6. The second kappa shape index (κ2) is 6.74. The molecule has 2 heterocycles. The number of ether oxygens (including phenoxy) is 1. The number of rotatable bonds is 5. The van der Waals surface area contributed by atoms with Crippen LogP contribution < -0.4 is 4.74 Å². The molecule has 0 aliphatic carbocycles. The molecule has 0 saturated carbocycles. The van der Waals surface area contributed by atoms with Gasteiger partial charge in [0.05, 0.1) is 0 Å². The molecule has 0 bridgehead atoms. The number of pyridine rings is 1. The Morgan fingerprint density at radius 1 is 1.22 bits per heavy atom. The lowest BCUT2D eigenvalue weighted by atomic mass is 10.1. The molecule has 1 saturated heterocycles. The van der Waals surface area contributed by atoms with Crippen molar-refractivity contribution in [2.45, 2.75) is 39.0 Å². The van der Waals surface area contributed by atoms with E-state index in [-0.39, 0.29) is 0 Å². The van der Waals surface area contributed by atoms with Gasteiger partial charge in [0.25, 0.3) is 0 Å². The number of hydrogen-bond donors (Lipinski definition) is 0. The van der Waals surface area contributed by atoms with Crippen molar-refractivity contribution in [1.29, 1.82) is 0 Å². The Balaban J connectivity index is 1.77. The molecule has 0 aromatic carbocycles. The molecule has 0 radical (unpaired) electrons. The van der Waals surface area contributed by atoms with Gasteiger partial charge in [0.15, 0.2) is 0 Å². The van der Waals surface area contributed by atoms with Crippen LogP contribution in [0.5, 0.6) is 5.88 Å². The number of aromatic nitrogens is 1. The fourth-order valence-electron chi connectivity index (χ4n) is 2.30. The van der Waals surface area contributed by atoms with E-state index in [0.29, 0.717) is 5.92 Å². The van der Waals surface area contributed by atoms with Gasteiger partial charge < -0.3 is 4.74 Å². The van der Waals surface area contributed by atoms with Gasteiger partial charge in [0.1, 0.15) is 6.61 Å². The van der Waals surface area contributed by atoms with E-state index in [1.807, 2.05) is 12.1 Å². The highest BCUT2D eigenvalue weighted by Gasteiger charge is 2.09. The van der Waals surface area contributed by atoms with Crippen molar-refractivity contribution in [3.05, 3.63) is 23.9 Å². The van der Waals surface area contributed by atoms with Gasteiger partial charge in [-0.3, -0.25) is 4.90 Å². The summed E-state index contributed by atoms with van der Waals surface area (Å²) >= 11 is 0. The summed E-state index contributed by atoms with van der Waals surface area (Å²) in [6.07, 6.45) is 4.05. The topological polar surface area (TPSA) is 25.4 Å². The number of likely N-dealkylation sites (tertiary alicyclic amines) is 1. The fourth-order valence-corrected chi connectivity index (χ4v) is 2.30. The highest BCUT2D eigenvalue weighted by molar-refractivity contribution is 5.17. The Hall–Kier alpha value is -1.09. The summed E-state index contributed by atoms with van der Waals surface area (Å²) in [6.45, 7) is 8.52. The van der Waals surface area contributed by atoms with Crippen LogP contribution >= 0.6 is 0 Å². The zero-order chi connectivity index (χ0) is 12.8. The summed E-state index contributed by atoms with van der Waals surface area (Å²) in [5, 5.41) is 0. The number of hydrogen-bond acceptors (Lipinski definition) is 3. The lowest BCUT2D eigenvalue weighted by molar-refractivity contribution is 0.180. The first-order valence-electron chi connectivity index (χ1n) is 7.08. The van der Waals surface area contributed by atoms with Gasteiger partial charge in [-0.1, -0.05) is 26.3 Å². The molecule has 0 amide bonds. The zero-order valence-corrected chi connectivity index (χ0v) is 11.6. The molecule has 3 nitrogen and oxygen atoms in total. The van der Waals surface area contributed by atoms with Crippen LogP contribution in [0.25, 0.3) is 0 Å². The molecule has 2 rings (SSSR count). The van der Waals surface area contributed by atoms with Gasteiger partial charge in [-0.2, -0.15) is 0 Å². The predicted molar refractivity (Wildman–Crippen MR) is 74.1 cm³/mol. The summed E-state index contributed by atoms with van der Waals surface area (Å²) in [6, 6.07) is 6.03. The first-order valence-corrected chi connectivity index (χ1v) is 7.08. The van der Waals surface area contributed by atoms with Gasteiger partial charge in [-0.25, -0.2) is 4.98 Å². The first-order chi connectivity index (χ1) is 8.75. The highest BCUT2D eigenvalue weighted by Crippen LogP contribution is 2.15. The van der Waals surface area contributed by atoms with Crippen molar-refractivity contribution >= 4 is 0 Å². The third kappa shape index (κ3) is 3.98. The van der Waals surface area contributed by atoms with Crippen molar-refractivity contribution in [2.24, 2.45) is 0 Å². The largest absolute Gasteiger partial charge is 0.476 e. The minimum absolute atomic E-state index is 0.454. The summed E-state index contributed by atoms with van der Waals surface area (Å²) in [5.74, 6) is 1.22. The Morgan fingerprint density at radius 3 is 2.72 bits per heavy atom. The Morgan fingerprint density at radius 2 is 2.00 bits per heavy atom. The van der Waals surface area contributed by atoms with E-state index >= 15 is 0 Å². The van der Waals surface area contributed by atoms with E-state index in [1.165, 1.54) is 32.4 Å². The molecule has 1 fully saturated rings. The molecule has 0 N–H and O–H groups in total. The van der Waals surface area contributed by atoms with E-state index < -0.39 is 0 Å². The summed E-state index contributed by atoms with van der Waals surface area (Å²) < 4.78 is 5.75. The molecular formula is C15H24N2O. The Bertz CT molecular complexity index is 359. The van der Waals surface area contributed by atoms with Crippen LogP contribution in [0.1, 0.15) is 44.7 Å². The second-order valence-corrected chi connectivity index (χ2v) is 5.31. The lowest BCUT2D eigenvalue weighted by Crippen LogP contribution is -2.33. The minimum Gasteiger partial charge on any atom is -0.476 e. The van der Waals surface area contributed by atoms with Crippen LogP contribution in [0.15, 0.2) is 18.2 Å². The van der Waals surface area contributed by atoms with Gasteiger partial charge in [0, 0.05) is 18.3 Å². The molecule has 1 aliphatic heterocycles. The van der Waals surface area contributed by atoms with Crippen molar-refractivity contribution in [2.75, 3.05) is 26.2 Å². The summed E-state index contributed by atoms with van der Waals surface area (Å²) in [5.41, 5.74) is 1.10. The predicted octanol–water partition coefficient (Wildman–Crippen LogP) is 3.07. The highest BCUT2D eigenvalue weighted by atomic mass is 16.5. The van der Waals surface area contributed by atoms with Crippen LogP contribution in [-0.2, 0) is 0 Å². The van der Waals surface area contributed by atoms with Crippen LogP contribution in [0, 0.1) is 0 Å². The third-order valence-electron chi connectivity index (χ3n) is 3.44. The average Bonchev–Trinajstić information content (AvgIpc) is 2.40. The van der Waals surface area contributed by atoms with E-state index in [0.717, 1.165) is 24.7 Å². The quantitative estimate of drug-likeness (QED) is 0.800. The maximum Gasteiger partial charge on any atom is 0.213 e. The molecule has 0 atom stereocenters. The number of nitrogens with zero attached hydrogens (tertiary/aromatic N) is 2. The average molecular weight is 248 g/mol. The van der Waals surface area contributed by atoms with Crippen molar-refractivity contribution in [1.82, 2.24) is 9.88 Å².